The van der Waals surface area contributed by atoms with E-state index in [1.54, 1.807) is 11.1 Å². The third-order valence-electron chi connectivity index (χ3n) is 4.94. The fraction of sp³-hybridized carbons (Fsp3) is 0.647. The van der Waals surface area contributed by atoms with Crippen molar-refractivity contribution in [3.63, 3.8) is 0 Å². The minimum atomic E-state index is 0.431. The van der Waals surface area contributed by atoms with Crippen molar-refractivity contribution in [2.24, 2.45) is 10.8 Å². The Balaban J connectivity index is 2.04. The summed E-state index contributed by atoms with van der Waals surface area (Å²) in [7, 11) is 2.29. The second kappa shape index (κ2) is 3.84. The first-order chi connectivity index (χ1) is 8.40. The van der Waals surface area contributed by atoms with Crippen LogP contribution in [0.3, 0.4) is 0 Å². The first-order valence-electron chi connectivity index (χ1n) is 7.16. The van der Waals surface area contributed by atoms with Gasteiger partial charge in [0.05, 0.1) is 0 Å². The summed E-state index contributed by atoms with van der Waals surface area (Å²) in [5.41, 5.74) is 4.10. The number of rotatable bonds is 0. The van der Waals surface area contributed by atoms with Crippen molar-refractivity contribution in [3.05, 3.63) is 35.4 Å². The third-order valence-corrected chi connectivity index (χ3v) is 4.94. The summed E-state index contributed by atoms with van der Waals surface area (Å²) in [6.45, 7) is 9.82. The number of likely N-dealkylation sites (N-methyl/N-ethyl adjacent to an activating group) is 1. The van der Waals surface area contributed by atoms with E-state index >= 15 is 0 Å². The molecule has 1 aromatic rings. The van der Waals surface area contributed by atoms with Crippen LogP contribution in [0.4, 0.5) is 0 Å². The van der Waals surface area contributed by atoms with Crippen molar-refractivity contribution >= 4 is 0 Å². The van der Waals surface area contributed by atoms with Crippen LogP contribution >= 0.6 is 0 Å². The molecular weight excluding hydrogens is 218 g/mol. The highest BCUT2D eigenvalue weighted by atomic mass is 15.1. The average Bonchev–Trinajstić information content (AvgIpc) is 2.44. The van der Waals surface area contributed by atoms with E-state index in [1.807, 2.05) is 0 Å². The maximum Gasteiger partial charge on any atom is 0.00529 e. The van der Waals surface area contributed by atoms with Gasteiger partial charge in [0, 0.05) is 19.0 Å². The predicted molar refractivity (Wildman–Crippen MR) is 76.9 cm³/mol. The van der Waals surface area contributed by atoms with Gasteiger partial charge < -0.3 is 4.90 Å². The minimum absolute atomic E-state index is 0.431. The topological polar surface area (TPSA) is 3.24 Å². The zero-order valence-corrected chi connectivity index (χ0v) is 12.2. The lowest BCUT2D eigenvalue weighted by Crippen LogP contribution is -2.30. The maximum absolute atomic E-state index is 2.54. The molecule has 0 bridgehead atoms. The van der Waals surface area contributed by atoms with E-state index in [2.05, 4.69) is 57.0 Å². The molecule has 0 N–H and O–H groups in total. The number of fused-ring (bicyclic) bond motifs is 3. The van der Waals surface area contributed by atoms with Crippen molar-refractivity contribution in [2.75, 3.05) is 20.1 Å². The Labute approximate surface area is 111 Å². The Kier molecular flexibility index (Phi) is 2.60. The first kappa shape index (κ1) is 12.2. The van der Waals surface area contributed by atoms with Gasteiger partial charge in [-0.15, -0.1) is 0 Å². The fourth-order valence-corrected chi connectivity index (χ4v) is 4.73. The molecule has 18 heavy (non-hydrogen) atoms. The van der Waals surface area contributed by atoms with E-state index in [1.165, 1.54) is 25.9 Å². The molecule has 1 aliphatic heterocycles. The number of hydrogen-bond donors (Lipinski definition) is 0. The van der Waals surface area contributed by atoms with Crippen molar-refractivity contribution in [3.8, 4) is 0 Å². The van der Waals surface area contributed by atoms with Gasteiger partial charge in [-0.3, -0.25) is 0 Å². The minimum Gasteiger partial charge on any atom is -0.305 e. The van der Waals surface area contributed by atoms with Gasteiger partial charge in [0.15, 0.2) is 0 Å². The molecule has 0 radical (unpaired) electrons. The molecule has 1 aromatic carbocycles. The monoisotopic (exact) mass is 243 g/mol. The zero-order valence-electron chi connectivity index (χ0n) is 12.2. The highest BCUT2D eigenvalue weighted by molar-refractivity contribution is 5.39. The summed E-state index contributed by atoms with van der Waals surface area (Å²) >= 11 is 0. The molecule has 1 aliphatic carbocycles. The number of benzene rings is 1. The zero-order chi connectivity index (χ0) is 13.0. The molecule has 1 fully saturated rings. The van der Waals surface area contributed by atoms with Crippen LogP contribution in [0.2, 0.25) is 0 Å². The van der Waals surface area contributed by atoms with Gasteiger partial charge in [-0.25, -0.2) is 0 Å². The standard InChI is InChI=1S/C17H25N/c1-16(2)11-17(3)9-13-7-5-6-8-14(13)15(17)10-18(4)12-16/h5-8,15H,9-12H2,1-4H3/t15?,17-/m0/s1. The first-order valence-corrected chi connectivity index (χ1v) is 7.16. The summed E-state index contributed by atoms with van der Waals surface area (Å²) in [5, 5.41) is 0. The summed E-state index contributed by atoms with van der Waals surface area (Å²) in [5.74, 6) is 0.723. The largest absolute Gasteiger partial charge is 0.305 e. The molecule has 1 heterocycles. The Morgan fingerprint density at radius 3 is 2.67 bits per heavy atom. The summed E-state index contributed by atoms with van der Waals surface area (Å²) < 4.78 is 0. The Morgan fingerprint density at radius 1 is 1.17 bits per heavy atom. The van der Waals surface area contributed by atoms with Crippen LogP contribution in [0.1, 0.15) is 44.2 Å². The van der Waals surface area contributed by atoms with Gasteiger partial charge in [0.2, 0.25) is 0 Å². The SMILES string of the molecule is CN1CC2c3ccccc3C[C@@]2(C)CC(C)(C)C1. The lowest BCUT2D eigenvalue weighted by atomic mass is 9.69. The van der Waals surface area contributed by atoms with Crippen LogP contribution in [0.15, 0.2) is 24.3 Å². The number of likely N-dealkylation sites (tertiary alicyclic amines) is 1. The van der Waals surface area contributed by atoms with Crippen LogP contribution in [-0.2, 0) is 6.42 Å². The second-order valence-electron chi connectivity index (χ2n) is 7.62. The molecular formula is C17H25N. The van der Waals surface area contributed by atoms with Crippen LogP contribution in [0.5, 0.6) is 0 Å². The summed E-state index contributed by atoms with van der Waals surface area (Å²) in [4.78, 5) is 2.54. The van der Waals surface area contributed by atoms with Crippen LogP contribution < -0.4 is 0 Å². The van der Waals surface area contributed by atoms with E-state index in [9.17, 15) is 0 Å². The smallest absolute Gasteiger partial charge is 0.00529 e. The average molecular weight is 243 g/mol. The lowest BCUT2D eigenvalue weighted by molar-refractivity contribution is 0.177. The molecule has 1 unspecified atom stereocenters. The van der Waals surface area contributed by atoms with Crippen molar-refractivity contribution in [1.29, 1.82) is 0 Å². The van der Waals surface area contributed by atoms with Crippen molar-refractivity contribution in [2.45, 2.75) is 39.5 Å². The molecule has 98 valence electrons. The molecule has 0 saturated carbocycles. The van der Waals surface area contributed by atoms with E-state index in [4.69, 9.17) is 0 Å². The van der Waals surface area contributed by atoms with E-state index < -0.39 is 0 Å². The molecule has 1 saturated heterocycles. The Bertz CT molecular complexity index is 462. The van der Waals surface area contributed by atoms with Gasteiger partial charge in [0.25, 0.3) is 0 Å². The van der Waals surface area contributed by atoms with E-state index in [0.717, 1.165) is 5.92 Å². The normalized spacial score (nSPS) is 34.8. The third kappa shape index (κ3) is 1.89. The van der Waals surface area contributed by atoms with Gasteiger partial charge in [0.1, 0.15) is 0 Å². The van der Waals surface area contributed by atoms with Gasteiger partial charge in [-0.1, -0.05) is 45.0 Å². The second-order valence-corrected chi connectivity index (χ2v) is 7.62. The molecule has 1 heteroatoms. The van der Waals surface area contributed by atoms with Crippen LogP contribution in [0.25, 0.3) is 0 Å². The molecule has 0 spiro atoms. The van der Waals surface area contributed by atoms with Crippen molar-refractivity contribution < 1.29 is 0 Å². The summed E-state index contributed by atoms with van der Waals surface area (Å²) in [6, 6.07) is 9.10. The maximum atomic E-state index is 2.54. The summed E-state index contributed by atoms with van der Waals surface area (Å²) in [6.07, 6.45) is 2.61. The molecule has 2 aliphatic rings. The fourth-order valence-electron chi connectivity index (χ4n) is 4.73. The molecule has 0 amide bonds. The molecule has 2 atom stereocenters. The predicted octanol–water partition coefficient (Wildman–Crippen LogP) is 3.69. The molecule has 1 nitrogen and oxygen atoms in total. The van der Waals surface area contributed by atoms with Gasteiger partial charge >= 0.3 is 0 Å². The Morgan fingerprint density at radius 2 is 1.89 bits per heavy atom. The van der Waals surface area contributed by atoms with Crippen LogP contribution in [0, 0.1) is 10.8 Å². The van der Waals surface area contributed by atoms with Gasteiger partial charge in [-0.05, 0) is 41.8 Å². The van der Waals surface area contributed by atoms with Gasteiger partial charge in [-0.2, -0.15) is 0 Å². The lowest BCUT2D eigenvalue weighted by Gasteiger charge is -2.35. The van der Waals surface area contributed by atoms with E-state index in [0.29, 0.717) is 10.8 Å². The highest BCUT2D eigenvalue weighted by Gasteiger charge is 2.47. The highest BCUT2D eigenvalue weighted by Crippen LogP contribution is 2.54. The molecule has 3 rings (SSSR count). The Hall–Kier alpha value is -0.820. The number of nitrogens with zero attached hydrogens (tertiary/aromatic N) is 1. The van der Waals surface area contributed by atoms with E-state index in [-0.39, 0.29) is 0 Å². The van der Waals surface area contributed by atoms with Crippen molar-refractivity contribution in [1.82, 2.24) is 4.90 Å². The number of hydrogen-bond acceptors (Lipinski definition) is 1. The molecule has 0 aromatic heterocycles. The quantitative estimate of drug-likeness (QED) is 0.671. The van der Waals surface area contributed by atoms with Crippen LogP contribution in [-0.4, -0.2) is 25.0 Å².